The first-order chi connectivity index (χ1) is 9.64. The van der Waals surface area contributed by atoms with Crippen molar-refractivity contribution >= 4 is 23.2 Å². The lowest BCUT2D eigenvalue weighted by Gasteiger charge is -2.26. The number of esters is 1. The number of amides is 1. The van der Waals surface area contributed by atoms with E-state index in [4.69, 9.17) is 4.74 Å². The Morgan fingerprint density at radius 1 is 1.29 bits per heavy atom. The molecule has 0 aliphatic heterocycles. The van der Waals surface area contributed by atoms with E-state index in [1.54, 1.807) is 6.07 Å². The highest BCUT2D eigenvalue weighted by Gasteiger charge is 2.29. The number of nitrogens with one attached hydrogen (secondary N) is 1. The molecule has 4 nitrogen and oxygen atoms in total. The number of carbonyl (C=O) groups excluding carboxylic acids is 2. The summed E-state index contributed by atoms with van der Waals surface area (Å²) in [5.41, 5.74) is -0.562. The molecular weight excluding hydrogens is 286 g/mol. The number of carbonyl (C=O) groups is 2. The van der Waals surface area contributed by atoms with Gasteiger partial charge in [0.05, 0.1) is 4.88 Å². The van der Waals surface area contributed by atoms with Gasteiger partial charge in [0.2, 0.25) is 0 Å². The Morgan fingerprint density at radius 3 is 2.33 bits per heavy atom. The van der Waals surface area contributed by atoms with Crippen LogP contribution in [0.4, 0.5) is 0 Å². The third-order valence-electron chi connectivity index (χ3n) is 2.85. The molecule has 118 valence electrons. The van der Waals surface area contributed by atoms with Crippen LogP contribution in [-0.4, -0.2) is 23.5 Å². The molecule has 1 rings (SSSR count). The second kappa shape index (κ2) is 7.07. The first kappa shape index (κ1) is 17.7. The molecule has 0 spiro atoms. The Hall–Kier alpha value is -1.36. The maximum atomic E-state index is 12.3. The van der Waals surface area contributed by atoms with Gasteiger partial charge >= 0.3 is 5.97 Å². The summed E-state index contributed by atoms with van der Waals surface area (Å²) in [7, 11) is 0. The van der Waals surface area contributed by atoms with Crippen LogP contribution >= 0.6 is 11.3 Å². The molecule has 0 bridgehead atoms. The molecule has 0 aromatic carbocycles. The fourth-order valence-electron chi connectivity index (χ4n) is 1.77. The van der Waals surface area contributed by atoms with Crippen LogP contribution in [0.3, 0.4) is 0 Å². The number of hydrogen-bond donors (Lipinski definition) is 1. The van der Waals surface area contributed by atoms with E-state index in [1.807, 2.05) is 47.6 Å². The molecule has 1 atom stereocenters. The molecule has 0 aliphatic carbocycles. The van der Waals surface area contributed by atoms with E-state index in [1.165, 1.54) is 11.3 Å². The Labute approximate surface area is 130 Å². The summed E-state index contributed by atoms with van der Waals surface area (Å²) in [5, 5.41) is 2.79. The van der Waals surface area contributed by atoms with Crippen molar-refractivity contribution in [3.8, 4) is 0 Å². The van der Waals surface area contributed by atoms with Gasteiger partial charge in [-0.2, -0.15) is 0 Å². The minimum atomic E-state index is -0.635. The topological polar surface area (TPSA) is 55.4 Å². The van der Waals surface area contributed by atoms with Crippen LogP contribution in [0, 0.1) is 5.92 Å². The van der Waals surface area contributed by atoms with E-state index in [0.717, 1.165) is 11.3 Å². The Balaban J connectivity index is 2.78. The fraction of sp³-hybridized carbons (Fsp3) is 0.625. The van der Waals surface area contributed by atoms with Crippen molar-refractivity contribution in [1.29, 1.82) is 0 Å². The minimum absolute atomic E-state index is 0.0330. The van der Waals surface area contributed by atoms with Gasteiger partial charge in [-0.05, 0) is 45.2 Å². The lowest BCUT2D eigenvalue weighted by Crippen LogP contribution is -2.47. The number of hydrogen-bond acceptors (Lipinski definition) is 4. The van der Waals surface area contributed by atoms with E-state index in [0.29, 0.717) is 4.88 Å². The fourth-order valence-corrected chi connectivity index (χ4v) is 2.62. The number of ether oxygens (including phenoxy) is 1. The molecule has 0 aliphatic rings. The predicted molar refractivity (Wildman–Crippen MR) is 85.6 cm³/mol. The summed E-state index contributed by atoms with van der Waals surface area (Å²) in [5.74, 6) is -0.642. The Kier molecular flexibility index (Phi) is 5.96. The summed E-state index contributed by atoms with van der Waals surface area (Å²) in [6.07, 6.45) is 0.900. The number of aryl methyl sites for hydroxylation is 1. The van der Waals surface area contributed by atoms with E-state index in [2.05, 4.69) is 5.32 Å². The average molecular weight is 311 g/mol. The quantitative estimate of drug-likeness (QED) is 0.848. The summed E-state index contributed by atoms with van der Waals surface area (Å²) in [6, 6.07) is 3.10. The van der Waals surface area contributed by atoms with E-state index in [9.17, 15) is 9.59 Å². The molecule has 0 radical (unpaired) electrons. The normalized spacial score (nSPS) is 13.1. The molecule has 21 heavy (non-hydrogen) atoms. The van der Waals surface area contributed by atoms with E-state index >= 15 is 0 Å². The van der Waals surface area contributed by atoms with Crippen LogP contribution < -0.4 is 5.32 Å². The van der Waals surface area contributed by atoms with Crippen LogP contribution in [0.25, 0.3) is 0 Å². The van der Waals surface area contributed by atoms with Crippen molar-refractivity contribution in [2.75, 3.05) is 0 Å². The summed E-state index contributed by atoms with van der Waals surface area (Å²) >= 11 is 1.46. The van der Waals surface area contributed by atoms with Crippen LogP contribution in [-0.2, 0) is 16.0 Å². The Morgan fingerprint density at radius 2 is 1.90 bits per heavy atom. The lowest BCUT2D eigenvalue weighted by molar-refractivity contribution is -0.158. The van der Waals surface area contributed by atoms with Crippen molar-refractivity contribution in [2.24, 2.45) is 5.92 Å². The van der Waals surface area contributed by atoms with Crippen LogP contribution in [0.1, 0.15) is 56.1 Å². The maximum absolute atomic E-state index is 12.3. The highest BCUT2D eigenvalue weighted by atomic mass is 32.1. The summed E-state index contributed by atoms with van der Waals surface area (Å²) < 4.78 is 5.37. The lowest BCUT2D eigenvalue weighted by atomic mass is 10.0. The van der Waals surface area contributed by atoms with Crippen LogP contribution in [0.5, 0.6) is 0 Å². The first-order valence-corrected chi connectivity index (χ1v) is 8.08. The van der Waals surface area contributed by atoms with E-state index < -0.39 is 17.6 Å². The highest BCUT2D eigenvalue weighted by molar-refractivity contribution is 7.14. The monoisotopic (exact) mass is 311 g/mol. The van der Waals surface area contributed by atoms with E-state index in [-0.39, 0.29) is 11.8 Å². The largest absolute Gasteiger partial charge is 0.458 e. The summed E-state index contributed by atoms with van der Waals surface area (Å²) in [4.78, 5) is 26.2. The van der Waals surface area contributed by atoms with Crippen LogP contribution in [0.15, 0.2) is 12.1 Å². The summed E-state index contributed by atoms with van der Waals surface area (Å²) in [6.45, 7) is 11.3. The minimum Gasteiger partial charge on any atom is -0.458 e. The van der Waals surface area contributed by atoms with Gasteiger partial charge in [-0.3, -0.25) is 4.79 Å². The molecule has 1 aromatic rings. The zero-order valence-electron chi connectivity index (χ0n) is 13.6. The molecule has 5 heteroatoms. The van der Waals surface area contributed by atoms with Crippen molar-refractivity contribution in [3.05, 3.63) is 21.9 Å². The average Bonchev–Trinajstić information content (AvgIpc) is 2.81. The van der Waals surface area contributed by atoms with Gasteiger partial charge in [0.1, 0.15) is 11.6 Å². The van der Waals surface area contributed by atoms with Gasteiger partial charge < -0.3 is 10.1 Å². The zero-order valence-corrected chi connectivity index (χ0v) is 14.5. The van der Waals surface area contributed by atoms with Gasteiger partial charge in [0, 0.05) is 4.88 Å². The van der Waals surface area contributed by atoms with Gasteiger partial charge in [0.25, 0.3) is 5.91 Å². The second-order valence-electron chi connectivity index (χ2n) is 6.35. The van der Waals surface area contributed by atoms with Crippen molar-refractivity contribution < 1.29 is 14.3 Å². The molecule has 0 fully saturated rings. The highest BCUT2D eigenvalue weighted by Crippen LogP contribution is 2.18. The number of rotatable bonds is 5. The molecule has 0 saturated carbocycles. The molecule has 1 amide bonds. The third-order valence-corrected chi connectivity index (χ3v) is 4.08. The molecule has 1 heterocycles. The molecule has 1 aromatic heterocycles. The van der Waals surface area contributed by atoms with Gasteiger partial charge in [-0.25, -0.2) is 4.79 Å². The number of thiophene rings is 1. The smallest absolute Gasteiger partial charge is 0.329 e. The first-order valence-electron chi connectivity index (χ1n) is 7.26. The molecule has 0 saturated heterocycles. The second-order valence-corrected chi connectivity index (χ2v) is 7.52. The van der Waals surface area contributed by atoms with Crippen molar-refractivity contribution in [2.45, 2.75) is 59.6 Å². The van der Waals surface area contributed by atoms with Crippen molar-refractivity contribution in [3.63, 3.8) is 0 Å². The SMILES string of the molecule is CCc1ccc(C(=O)N[C@@H](C(=O)OC(C)(C)C)C(C)C)s1. The van der Waals surface area contributed by atoms with Gasteiger partial charge in [-0.15, -0.1) is 11.3 Å². The Bertz CT molecular complexity index is 500. The molecule has 1 N–H and O–H groups in total. The van der Waals surface area contributed by atoms with Crippen molar-refractivity contribution in [1.82, 2.24) is 5.32 Å². The molecule has 0 unspecified atom stereocenters. The predicted octanol–water partition coefficient (Wildman–Crippen LogP) is 3.41. The van der Waals surface area contributed by atoms with Gasteiger partial charge in [0.15, 0.2) is 0 Å². The zero-order chi connectivity index (χ0) is 16.2. The van der Waals surface area contributed by atoms with Crippen LogP contribution in [0.2, 0.25) is 0 Å². The maximum Gasteiger partial charge on any atom is 0.329 e. The molecular formula is C16H25NO3S. The standard InChI is InChI=1S/C16H25NO3S/c1-7-11-8-9-12(21-11)14(18)17-13(10(2)3)15(19)20-16(4,5)6/h8-10,13H,7H2,1-6H3,(H,17,18)/t13-/m1/s1. The van der Waals surface area contributed by atoms with Gasteiger partial charge in [-0.1, -0.05) is 20.8 Å². The third kappa shape index (κ3) is 5.50.